The predicted octanol–water partition coefficient (Wildman–Crippen LogP) is 3.62. The fourth-order valence-electron chi connectivity index (χ4n) is 2.49. The minimum atomic E-state index is -0.207. The topological polar surface area (TPSA) is 29.1 Å². The SMILES string of the molecule is Cc1ccsc1CNC(=O)C1CC1c1ccccc1F. The van der Waals surface area contributed by atoms with E-state index in [0.717, 1.165) is 6.42 Å². The number of rotatable bonds is 4. The summed E-state index contributed by atoms with van der Waals surface area (Å²) < 4.78 is 13.6. The van der Waals surface area contributed by atoms with Gasteiger partial charge in [-0.2, -0.15) is 0 Å². The van der Waals surface area contributed by atoms with Crippen LogP contribution in [0.15, 0.2) is 35.7 Å². The Hall–Kier alpha value is -1.68. The molecule has 20 heavy (non-hydrogen) atoms. The number of hydrogen-bond acceptors (Lipinski definition) is 2. The van der Waals surface area contributed by atoms with E-state index in [0.29, 0.717) is 12.1 Å². The van der Waals surface area contributed by atoms with Gasteiger partial charge in [0.1, 0.15) is 5.82 Å². The molecular formula is C16H16FNOS. The van der Waals surface area contributed by atoms with Gasteiger partial charge in [0, 0.05) is 10.8 Å². The van der Waals surface area contributed by atoms with Crippen LogP contribution < -0.4 is 5.32 Å². The van der Waals surface area contributed by atoms with Crippen molar-refractivity contribution in [2.45, 2.75) is 25.8 Å². The van der Waals surface area contributed by atoms with E-state index in [4.69, 9.17) is 0 Å². The number of nitrogens with one attached hydrogen (secondary N) is 1. The Balaban J connectivity index is 1.58. The van der Waals surface area contributed by atoms with E-state index in [1.807, 2.05) is 24.4 Å². The number of carbonyl (C=O) groups is 1. The molecule has 0 aliphatic heterocycles. The maximum Gasteiger partial charge on any atom is 0.224 e. The molecule has 1 amide bonds. The molecule has 1 heterocycles. The molecule has 1 N–H and O–H groups in total. The highest BCUT2D eigenvalue weighted by Crippen LogP contribution is 2.48. The van der Waals surface area contributed by atoms with Gasteiger partial charge >= 0.3 is 0 Å². The van der Waals surface area contributed by atoms with Gasteiger partial charge in [0.15, 0.2) is 0 Å². The van der Waals surface area contributed by atoms with E-state index >= 15 is 0 Å². The van der Waals surface area contributed by atoms with E-state index in [9.17, 15) is 9.18 Å². The molecule has 1 aromatic heterocycles. The normalized spacial score (nSPS) is 20.7. The Morgan fingerprint density at radius 1 is 1.40 bits per heavy atom. The van der Waals surface area contributed by atoms with E-state index in [1.54, 1.807) is 23.5 Å². The Kier molecular flexibility index (Phi) is 3.57. The van der Waals surface area contributed by atoms with Crippen molar-refractivity contribution in [3.05, 3.63) is 57.5 Å². The molecule has 0 spiro atoms. The van der Waals surface area contributed by atoms with Gasteiger partial charge in [-0.3, -0.25) is 4.79 Å². The maximum absolute atomic E-state index is 13.6. The molecule has 2 nitrogen and oxygen atoms in total. The predicted molar refractivity (Wildman–Crippen MR) is 78.2 cm³/mol. The summed E-state index contributed by atoms with van der Waals surface area (Å²) >= 11 is 1.65. The van der Waals surface area contributed by atoms with Gasteiger partial charge in [0.05, 0.1) is 6.54 Å². The van der Waals surface area contributed by atoms with Gasteiger partial charge < -0.3 is 5.32 Å². The molecule has 4 heteroatoms. The second-order valence-electron chi connectivity index (χ2n) is 5.21. The van der Waals surface area contributed by atoms with Crippen LogP contribution in [0.4, 0.5) is 4.39 Å². The van der Waals surface area contributed by atoms with Crippen LogP contribution in [0.1, 0.15) is 28.3 Å². The molecule has 0 saturated heterocycles. The average Bonchev–Trinajstić information content (AvgIpc) is 3.13. The maximum atomic E-state index is 13.6. The quantitative estimate of drug-likeness (QED) is 0.915. The summed E-state index contributed by atoms with van der Waals surface area (Å²) in [7, 11) is 0. The lowest BCUT2D eigenvalue weighted by molar-refractivity contribution is -0.122. The molecule has 1 aromatic carbocycles. The number of halogens is 1. The van der Waals surface area contributed by atoms with Crippen LogP contribution in [0.3, 0.4) is 0 Å². The number of aryl methyl sites for hydroxylation is 1. The lowest BCUT2D eigenvalue weighted by Crippen LogP contribution is -2.24. The van der Waals surface area contributed by atoms with Crippen molar-refractivity contribution < 1.29 is 9.18 Å². The molecule has 2 aromatic rings. The van der Waals surface area contributed by atoms with Crippen LogP contribution in [0.5, 0.6) is 0 Å². The third-order valence-corrected chi connectivity index (χ3v) is 4.85. The largest absolute Gasteiger partial charge is 0.351 e. The van der Waals surface area contributed by atoms with Crippen molar-refractivity contribution in [1.82, 2.24) is 5.32 Å². The Morgan fingerprint density at radius 3 is 2.90 bits per heavy atom. The van der Waals surface area contributed by atoms with Crippen LogP contribution in [-0.4, -0.2) is 5.91 Å². The van der Waals surface area contributed by atoms with Crippen LogP contribution in [-0.2, 0) is 11.3 Å². The smallest absolute Gasteiger partial charge is 0.224 e. The van der Waals surface area contributed by atoms with Crippen LogP contribution in [0.2, 0.25) is 0 Å². The number of amides is 1. The zero-order valence-corrected chi connectivity index (χ0v) is 12.0. The summed E-state index contributed by atoms with van der Waals surface area (Å²) in [6.45, 7) is 2.61. The third-order valence-electron chi connectivity index (χ3n) is 3.82. The summed E-state index contributed by atoms with van der Waals surface area (Å²) in [5, 5.41) is 4.98. The zero-order chi connectivity index (χ0) is 14.1. The number of thiophene rings is 1. The first-order chi connectivity index (χ1) is 9.66. The fourth-order valence-corrected chi connectivity index (χ4v) is 3.33. The van der Waals surface area contributed by atoms with Gasteiger partial charge in [-0.05, 0) is 47.9 Å². The Bertz CT molecular complexity index is 637. The van der Waals surface area contributed by atoms with Crippen molar-refractivity contribution in [3.8, 4) is 0 Å². The molecule has 1 fully saturated rings. The van der Waals surface area contributed by atoms with Crippen molar-refractivity contribution in [2.75, 3.05) is 0 Å². The summed E-state index contributed by atoms with van der Waals surface area (Å²) in [6, 6.07) is 8.77. The van der Waals surface area contributed by atoms with Crippen molar-refractivity contribution in [2.24, 2.45) is 5.92 Å². The third kappa shape index (κ3) is 2.61. The molecule has 1 saturated carbocycles. The minimum Gasteiger partial charge on any atom is -0.351 e. The Morgan fingerprint density at radius 2 is 2.20 bits per heavy atom. The van der Waals surface area contributed by atoms with Gasteiger partial charge in [-0.1, -0.05) is 18.2 Å². The molecule has 2 atom stereocenters. The highest BCUT2D eigenvalue weighted by Gasteiger charge is 2.44. The first-order valence-corrected chi connectivity index (χ1v) is 7.60. The standard InChI is InChI=1S/C16H16FNOS/c1-10-6-7-20-15(10)9-18-16(19)13-8-12(13)11-4-2-3-5-14(11)17/h2-7,12-13H,8-9H2,1H3,(H,18,19). The lowest BCUT2D eigenvalue weighted by atomic mass is 10.1. The first-order valence-electron chi connectivity index (χ1n) is 6.72. The van der Waals surface area contributed by atoms with Gasteiger partial charge in [0.2, 0.25) is 5.91 Å². The zero-order valence-electron chi connectivity index (χ0n) is 11.2. The molecule has 1 aliphatic rings. The van der Waals surface area contributed by atoms with Gasteiger partial charge in [0.25, 0.3) is 0 Å². The molecular weight excluding hydrogens is 273 g/mol. The van der Waals surface area contributed by atoms with Crippen LogP contribution >= 0.6 is 11.3 Å². The molecule has 2 unspecified atom stereocenters. The minimum absolute atomic E-state index is 0.0334. The molecule has 1 aliphatic carbocycles. The number of hydrogen-bond donors (Lipinski definition) is 1. The van der Waals surface area contributed by atoms with E-state index in [2.05, 4.69) is 5.32 Å². The number of benzene rings is 1. The van der Waals surface area contributed by atoms with E-state index in [1.165, 1.54) is 16.5 Å². The monoisotopic (exact) mass is 289 g/mol. The second-order valence-corrected chi connectivity index (χ2v) is 6.22. The van der Waals surface area contributed by atoms with E-state index in [-0.39, 0.29) is 23.6 Å². The molecule has 104 valence electrons. The van der Waals surface area contributed by atoms with Crippen molar-refractivity contribution in [1.29, 1.82) is 0 Å². The summed E-state index contributed by atoms with van der Waals surface area (Å²) in [6.07, 6.45) is 0.746. The summed E-state index contributed by atoms with van der Waals surface area (Å²) in [4.78, 5) is 13.3. The van der Waals surface area contributed by atoms with Gasteiger partial charge in [-0.15, -0.1) is 11.3 Å². The molecule has 3 rings (SSSR count). The lowest BCUT2D eigenvalue weighted by Gasteiger charge is -2.05. The first kappa shape index (κ1) is 13.3. The number of carbonyl (C=O) groups excluding carboxylic acids is 1. The molecule has 0 radical (unpaired) electrons. The Labute approximate surface area is 121 Å². The summed E-state index contributed by atoms with van der Waals surface area (Å²) in [5.74, 6) is -0.208. The average molecular weight is 289 g/mol. The highest BCUT2D eigenvalue weighted by molar-refractivity contribution is 7.10. The van der Waals surface area contributed by atoms with Crippen molar-refractivity contribution >= 4 is 17.2 Å². The van der Waals surface area contributed by atoms with Gasteiger partial charge in [-0.25, -0.2) is 4.39 Å². The highest BCUT2D eigenvalue weighted by atomic mass is 32.1. The van der Waals surface area contributed by atoms with Crippen LogP contribution in [0, 0.1) is 18.7 Å². The van der Waals surface area contributed by atoms with E-state index < -0.39 is 0 Å². The summed E-state index contributed by atoms with van der Waals surface area (Å²) in [5.41, 5.74) is 1.87. The van der Waals surface area contributed by atoms with Crippen molar-refractivity contribution in [3.63, 3.8) is 0 Å². The second kappa shape index (κ2) is 5.37. The molecule has 0 bridgehead atoms. The fraction of sp³-hybridized carbons (Fsp3) is 0.312. The van der Waals surface area contributed by atoms with Crippen LogP contribution in [0.25, 0.3) is 0 Å².